The summed E-state index contributed by atoms with van der Waals surface area (Å²) in [5.41, 5.74) is 2.54. The highest BCUT2D eigenvalue weighted by atomic mass is 16.5. The van der Waals surface area contributed by atoms with E-state index in [0.717, 1.165) is 25.4 Å². The molecule has 0 radical (unpaired) electrons. The van der Waals surface area contributed by atoms with E-state index in [2.05, 4.69) is 49.2 Å². The van der Waals surface area contributed by atoms with Gasteiger partial charge in [0.25, 0.3) is 0 Å². The number of benzene rings is 1. The van der Waals surface area contributed by atoms with Gasteiger partial charge in [0.2, 0.25) is 0 Å². The standard InChI is InChI=1S/C18H30N2O/c1-4-8-20(17-6-5-7-19-14-17)9-10-21-18-12-15(2)11-16(3)13-18/h11-13,17,19H,4-10,14H2,1-3H3. The van der Waals surface area contributed by atoms with Gasteiger partial charge in [0.1, 0.15) is 12.4 Å². The molecule has 0 amide bonds. The quantitative estimate of drug-likeness (QED) is 0.835. The van der Waals surface area contributed by atoms with E-state index in [1.54, 1.807) is 0 Å². The highest BCUT2D eigenvalue weighted by Crippen LogP contribution is 2.17. The van der Waals surface area contributed by atoms with Gasteiger partial charge in [-0.25, -0.2) is 0 Å². The molecule has 1 unspecified atom stereocenters. The van der Waals surface area contributed by atoms with Gasteiger partial charge in [0.15, 0.2) is 0 Å². The van der Waals surface area contributed by atoms with E-state index >= 15 is 0 Å². The number of aryl methyl sites for hydroxylation is 2. The van der Waals surface area contributed by atoms with Gasteiger partial charge in [-0.15, -0.1) is 0 Å². The van der Waals surface area contributed by atoms with E-state index in [1.165, 1.54) is 43.5 Å². The molecule has 1 atom stereocenters. The molecular formula is C18H30N2O. The summed E-state index contributed by atoms with van der Waals surface area (Å²) in [7, 11) is 0. The van der Waals surface area contributed by atoms with Gasteiger partial charge in [0, 0.05) is 19.1 Å². The van der Waals surface area contributed by atoms with E-state index in [1.807, 2.05) is 0 Å². The average molecular weight is 290 g/mol. The molecule has 1 N–H and O–H groups in total. The van der Waals surface area contributed by atoms with Crippen molar-refractivity contribution in [3.63, 3.8) is 0 Å². The van der Waals surface area contributed by atoms with Crippen LogP contribution in [0.25, 0.3) is 0 Å². The molecule has 1 fully saturated rings. The molecule has 21 heavy (non-hydrogen) atoms. The van der Waals surface area contributed by atoms with E-state index in [0.29, 0.717) is 6.04 Å². The van der Waals surface area contributed by atoms with Crippen molar-refractivity contribution in [2.75, 3.05) is 32.8 Å². The maximum atomic E-state index is 5.97. The van der Waals surface area contributed by atoms with E-state index < -0.39 is 0 Å². The van der Waals surface area contributed by atoms with Crippen LogP contribution >= 0.6 is 0 Å². The minimum absolute atomic E-state index is 0.682. The summed E-state index contributed by atoms with van der Waals surface area (Å²) in [6.07, 6.45) is 3.82. The minimum Gasteiger partial charge on any atom is -0.492 e. The summed E-state index contributed by atoms with van der Waals surface area (Å²) in [5, 5.41) is 3.51. The van der Waals surface area contributed by atoms with Crippen LogP contribution in [0.4, 0.5) is 0 Å². The Morgan fingerprint density at radius 2 is 1.95 bits per heavy atom. The van der Waals surface area contributed by atoms with Crippen LogP contribution in [0.5, 0.6) is 5.75 Å². The Morgan fingerprint density at radius 3 is 2.57 bits per heavy atom. The van der Waals surface area contributed by atoms with Crippen LogP contribution in [-0.2, 0) is 0 Å². The molecule has 0 aliphatic carbocycles. The van der Waals surface area contributed by atoms with Gasteiger partial charge < -0.3 is 10.1 Å². The lowest BCUT2D eigenvalue weighted by Gasteiger charge is -2.34. The second kappa shape index (κ2) is 8.40. The molecule has 0 aromatic heterocycles. The summed E-state index contributed by atoms with van der Waals surface area (Å²) in [6, 6.07) is 7.12. The minimum atomic E-state index is 0.682. The molecule has 0 bridgehead atoms. The first-order valence-electron chi connectivity index (χ1n) is 8.35. The fraction of sp³-hybridized carbons (Fsp3) is 0.667. The Kier molecular flexibility index (Phi) is 6.52. The lowest BCUT2D eigenvalue weighted by Crippen LogP contribution is -2.47. The third-order valence-electron chi connectivity index (χ3n) is 4.14. The Bertz CT molecular complexity index is 407. The molecule has 1 saturated heterocycles. The van der Waals surface area contributed by atoms with Crippen molar-refractivity contribution in [1.82, 2.24) is 10.2 Å². The van der Waals surface area contributed by atoms with Gasteiger partial charge in [-0.2, -0.15) is 0 Å². The van der Waals surface area contributed by atoms with Crippen molar-refractivity contribution in [2.45, 2.75) is 46.1 Å². The first kappa shape index (κ1) is 16.3. The van der Waals surface area contributed by atoms with Gasteiger partial charge in [-0.3, -0.25) is 4.90 Å². The van der Waals surface area contributed by atoms with Crippen LogP contribution in [0.1, 0.15) is 37.3 Å². The summed E-state index contributed by atoms with van der Waals surface area (Å²) in [6.45, 7) is 11.8. The predicted molar refractivity (Wildman–Crippen MR) is 89.2 cm³/mol. The molecule has 3 nitrogen and oxygen atoms in total. The van der Waals surface area contributed by atoms with Crippen molar-refractivity contribution in [1.29, 1.82) is 0 Å². The first-order chi connectivity index (χ1) is 10.2. The molecule has 1 aromatic rings. The van der Waals surface area contributed by atoms with E-state index in [4.69, 9.17) is 4.74 Å². The third kappa shape index (κ3) is 5.33. The predicted octanol–water partition coefficient (Wildman–Crippen LogP) is 3.15. The Morgan fingerprint density at radius 1 is 1.19 bits per heavy atom. The monoisotopic (exact) mass is 290 g/mol. The largest absolute Gasteiger partial charge is 0.492 e. The number of ether oxygens (including phenoxy) is 1. The highest BCUT2D eigenvalue weighted by molar-refractivity contribution is 5.32. The zero-order valence-corrected chi connectivity index (χ0v) is 13.8. The van der Waals surface area contributed by atoms with Crippen LogP contribution in [0, 0.1) is 13.8 Å². The summed E-state index contributed by atoms with van der Waals surface area (Å²) < 4.78 is 5.97. The first-order valence-corrected chi connectivity index (χ1v) is 8.35. The SMILES string of the molecule is CCCN(CCOc1cc(C)cc(C)c1)C1CCCNC1. The molecule has 1 aliphatic heterocycles. The highest BCUT2D eigenvalue weighted by Gasteiger charge is 2.19. The zero-order chi connectivity index (χ0) is 15.1. The van der Waals surface area contributed by atoms with Crippen LogP contribution < -0.4 is 10.1 Å². The number of rotatable bonds is 7. The molecule has 0 saturated carbocycles. The Balaban J connectivity index is 1.83. The molecule has 1 heterocycles. The molecule has 1 aliphatic rings. The fourth-order valence-electron chi connectivity index (χ4n) is 3.21. The lowest BCUT2D eigenvalue weighted by atomic mass is 10.1. The number of piperidine rings is 1. The van der Waals surface area contributed by atoms with Crippen LogP contribution in [0.3, 0.4) is 0 Å². The molecular weight excluding hydrogens is 260 g/mol. The maximum absolute atomic E-state index is 5.97. The number of nitrogens with one attached hydrogen (secondary N) is 1. The zero-order valence-electron chi connectivity index (χ0n) is 13.8. The van der Waals surface area contributed by atoms with Crippen LogP contribution in [-0.4, -0.2) is 43.7 Å². The second-order valence-electron chi connectivity index (χ2n) is 6.21. The normalized spacial score (nSPS) is 19.0. The van der Waals surface area contributed by atoms with Crippen LogP contribution in [0.2, 0.25) is 0 Å². The van der Waals surface area contributed by atoms with E-state index in [-0.39, 0.29) is 0 Å². The third-order valence-corrected chi connectivity index (χ3v) is 4.14. The number of hydrogen-bond donors (Lipinski definition) is 1. The summed E-state index contributed by atoms with van der Waals surface area (Å²) in [4.78, 5) is 2.59. The van der Waals surface area contributed by atoms with Crippen molar-refractivity contribution in [2.24, 2.45) is 0 Å². The van der Waals surface area contributed by atoms with Gasteiger partial charge in [-0.1, -0.05) is 13.0 Å². The molecule has 1 aromatic carbocycles. The topological polar surface area (TPSA) is 24.5 Å². The number of nitrogens with zero attached hydrogens (tertiary/aromatic N) is 1. The van der Waals surface area contributed by atoms with Crippen molar-refractivity contribution in [3.05, 3.63) is 29.3 Å². The smallest absolute Gasteiger partial charge is 0.119 e. The van der Waals surface area contributed by atoms with Crippen molar-refractivity contribution in [3.8, 4) is 5.75 Å². The lowest BCUT2D eigenvalue weighted by molar-refractivity contribution is 0.138. The van der Waals surface area contributed by atoms with Crippen molar-refractivity contribution >= 4 is 0 Å². The van der Waals surface area contributed by atoms with Gasteiger partial charge in [0.05, 0.1) is 0 Å². The summed E-state index contributed by atoms with van der Waals surface area (Å²) >= 11 is 0. The molecule has 118 valence electrons. The average Bonchev–Trinajstić information content (AvgIpc) is 2.46. The summed E-state index contributed by atoms with van der Waals surface area (Å²) in [5.74, 6) is 1.01. The Hall–Kier alpha value is -1.06. The molecule has 3 heteroatoms. The van der Waals surface area contributed by atoms with Crippen LogP contribution in [0.15, 0.2) is 18.2 Å². The van der Waals surface area contributed by atoms with Gasteiger partial charge in [-0.05, 0) is 69.5 Å². The second-order valence-corrected chi connectivity index (χ2v) is 6.21. The maximum Gasteiger partial charge on any atom is 0.119 e. The number of hydrogen-bond acceptors (Lipinski definition) is 3. The molecule has 2 rings (SSSR count). The Labute approximate surface area is 129 Å². The fourth-order valence-corrected chi connectivity index (χ4v) is 3.21. The molecule has 0 spiro atoms. The van der Waals surface area contributed by atoms with E-state index in [9.17, 15) is 0 Å². The van der Waals surface area contributed by atoms with Crippen molar-refractivity contribution < 1.29 is 4.74 Å². The van der Waals surface area contributed by atoms with Gasteiger partial charge >= 0.3 is 0 Å².